The highest BCUT2D eigenvalue weighted by Gasteiger charge is 2.11. The zero-order chi connectivity index (χ0) is 16.8. The Kier molecular flexibility index (Phi) is 5.41. The summed E-state index contributed by atoms with van der Waals surface area (Å²) in [5.41, 5.74) is 3.00. The first-order valence-corrected chi connectivity index (χ1v) is 7.16. The quantitative estimate of drug-likeness (QED) is 0.478. The number of carbonyl (C=O) groups excluding carboxylic acids is 2. The second kappa shape index (κ2) is 7.49. The van der Waals surface area contributed by atoms with Crippen molar-refractivity contribution in [3.63, 3.8) is 0 Å². The summed E-state index contributed by atoms with van der Waals surface area (Å²) in [6, 6.07) is 11.3. The molecule has 2 aromatic carbocycles. The lowest BCUT2D eigenvalue weighted by atomic mass is 10.0. The van der Waals surface area contributed by atoms with Crippen molar-refractivity contribution in [1.29, 1.82) is 0 Å². The Balaban J connectivity index is 1.92. The van der Waals surface area contributed by atoms with E-state index in [2.05, 4.69) is 0 Å². The highest BCUT2D eigenvalue weighted by molar-refractivity contribution is 6.00. The molecular formula is C19H17FO3. The molecule has 0 aliphatic heterocycles. The van der Waals surface area contributed by atoms with Gasteiger partial charge in [-0.05, 0) is 43.2 Å². The molecule has 0 saturated heterocycles. The van der Waals surface area contributed by atoms with Crippen molar-refractivity contribution in [1.82, 2.24) is 0 Å². The fourth-order valence-electron chi connectivity index (χ4n) is 2.16. The van der Waals surface area contributed by atoms with E-state index in [-0.39, 0.29) is 18.2 Å². The third-order valence-electron chi connectivity index (χ3n) is 3.29. The third-order valence-corrected chi connectivity index (χ3v) is 3.29. The van der Waals surface area contributed by atoms with Gasteiger partial charge in [0.05, 0.1) is 0 Å². The van der Waals surface area contributed by atoms with E-state index in [1.807, 2.05) is 26.0 Å². The van der Waals surface area contributed by atoms with E-state index in [0.29, 0.717) is 11.1 Å². The SMILES string of the molecule is Cc1ccc(C(=O)COC(=O)/C=C/c2cccc(F)c2)c(C)c1. The summed E-state index contributed by atoms with van der Waals surface area (Å²) in [6.45, 7) is 3.46. The fourth-order valence-corrected chi connectivity index (χ4v) is 2.16. The Morgan fingerprint density at radius 2 is 1.91 bits per heavy atom. The first-order chi connectivity index (χ1) is 11.0. The maximum Gasteiger partial charge on any atom is 0.331 e. The number of benzene rings is 2. The van der Waals surface area contributed by atoms with Crippen molar-refractivity contribution in [3.05, 3.63) is 76.6 Å². The second-order valence-electron chi connectivity index (χ2n) is 5.24. The van der Waals surface area contributed by atoms with Crippen LogP contribution in [-0.4, -0.2) is 18.4 Å². The molecule has 2 aromatic rings. The minimum absolute atomic E-state index is 0.255. The van der Waals surface area contributed by atoms with Gasteiger partial charge < -0.3 is 4.74 Å². The van der Waals surface area contributed by atoms with Crippen molar-refractivity contribution in [2.75, 3.05) is 6.61 Å². The van der Waals surface area contributed by atoms with Crippen LogP contribution in [0, 0.1) is 19.7 Å². The number of rotatable bonds is 5. The summed E-state index contributed by atoms with van der Waals surface area (Å²) in [6.07, 6.45) is 2.61. The standard InChI is InChI=1S/C19H17FO3/c1-13-6-8-17(14(2)10-13)18(21)12-23-19(22)9-7-15-4-3-5-16(20)11-15/h3-11H,12H2,1-2H3/b9-7+. The van der Waals surface area contributed by atoms with Crippen molar-refractivity contribution < 1.29 is 18.7 Å². The summed E-state index contributed by atoms with van der Waals surface area (Å²) in [5.74, 6) is -1.28. The van der Waals surface area contributed by atoms with Crippen LogP contribution in [0.5, 0.6) is 0 Å². The van der Waals surface area contributed by atoms with Crippen LogP contribution in [0.2, 0.25) is 0 Å². The van der Waals surface area contributed by atoms with Crippen molar-refractivity contribution in [3.8, 4) is 0 Å². The van der Waals surface area contributed by atoms with Crippen molar-refractivity contribution in [2.45, 2.75) is 13.8 Å². The minimum atomic E-state index is -0.646. The molecular weight excluding hydrogens is 295 g/mol. The van der Waals surface area contributed by atoms with Gasteiger partial charge in [0.1, 0.15) is 5.82 Å². The van der Waals surface area contributed by atoms with Crippen LogP contribution >= 0.6 is 0 Å². The number of aryl methyl sites for hydroxylation is 2. The molecule has 118 valence electrons. The average Bonchev–Trinajstić information content (AvgIpc) is 2.50. The fraction of sp³-hybridized carbons (Fsp3) is 0.158. The van der Waals surface area contributed by atoms with Gasteiger partial charge >= 0.3 is 5.97 Å². The third kappa shape index (κ3) is 4.88. The van der Waals surface area contributed by atoms with E-state index in [4.69, 9.17) is 4.74 Å². The molecule has 0 fully saturated rings. The minimum Gasteiger partial charge on any atom is -0.454 e. The summed E-state index contributed by atoms with van der Waals surface area (Å²) >= 11 is 0. The lowest BCUT2D eigenvalue weighted by Crippen LogP contribution is -2.13. The Hall–Kier alpha value is -2.75. The van der Waals surface area contributed by atoms with Crippen LogP contribution in [0.1, 0.15) is 27.0 Å². The lowest BCUT2D eigenvalue weighted by molar-refractivity contribution is -0.136. The van der Waals surface area contributed by atoms with Gasteiger partial charge in [0, 0.05) is 11.6 Å². The molecule has 2 rings (SSSR count). The maximum absolute atomic E-state index is 13.0. The van der Waals surface area contributed by atoms with Crippen LogP contribution < -0.4 is 0 Å². The zero-order valence-electron chi connectivity index (χ0n) is 13.0. The van der Waals surface area contributed by atoms with E-state index in [9.17, 15) is 14.0 Å². The highest BCUT2D eigenvalue weighted by atomic mass is 19.1. The largest absolute Gasteiger partial charge is 0.454 e. The van der Waals surface area contributed by atoms with E-state index >= 15 is 0 Å². The van der Waals surface area contributed by atoms with E-state index in [0.717, 1.165) is 11.1 Å². The van der Waals surface area contributed by atoms with Gasteiger partial charge in [-0.2, -0.15) is 0 Å². The molecule has 0 aromatic heterocycles. The normalized spacial score (nSPS) is 10.7. The highest BCUT2D eigenvalue weighted by Crippen LogP contribution is 2.11. The van der Waals surface area contributed by atoms with Gasteiger partial charge in [-0.1, -0.05) is 35.9 Å². The van der Waals surface area contributed by atoms with Gasteiger partial charge in [-0.3, -0.25) is 4.79 Å². The molecule has 0 amide bonds. The number of hydrogen-bond donors (Lipinski definition) is 0. The van der Waals surface area contributed by atoms with E-state index in [1.54, 1.807) is 18.2 Å². The number of Topliss-reactive ketones (excluding diaryl/α,β-unsaturated/α-hetero) is 1. The maximum atomic E-state index is 13.0. The monoisotopic (exact) mass is 312 g/mol. The molecule has 0 N–H and O–H groups in total. The molecule has 0 atom stereocenters. The van der Waals surface area contributed by atoms with Gasteiger partial charge in [0.15, 0.2) is 6.61 Å². The smallest absolute Gasteiger partial charge is 0.331 e. The Morgan fingerprint density at radius 1 is 1.13 bits per heavy atom. The molecule has 0 radical (unpaired) electrons. The molecule has 0 heterocycles. The molecule has 0 unspecified atom stereocenters. The zero-order valence-corrected chi connectivity index (χ0v) is 13.0. The second-order valence-corrected chi connectivity index (χ2v) is 5.24. The molecule has 3 nitrogen and oxygen atoms in total. The first kappa shape index (κ1) is 16.6. The average molecular weight is 312 g/mol. The van der Waals surface area contributed by atoms with E-state index in [1.165, 1.54) is 24.3 Å². The van der Waals surface area contributed by atoms with Gasteiger partial charge in [-0.25, -0.2) is 9.18 Å². The summed E-state index contributed by atoms with van der Waals surface area (Å²) in [5, 5.41) is 0. The van der Waals surface area contributed by atoms with Crippen LogP contribution in [0.15, 0.2) is 48.5 Å². The van der Waals surface area contributed by atoms with Crippen LogP contribution in [0.25, 0.3) is 6.08 Å². The number of ketones is 1. The molecule has 0 spiro atoms. The Labute approximate surface area is 134 Å². The number of ether oxygens (including phenoxy) is 1. The topological polar surface area (TPSA) is 43.4 Å². The van der Waals surface area contributed by atoms with Crippen LogP contribution in [-0.2, 0) is 9.53 Å². The lowest BCUT2D eigenvalue weighted by Gasteiger charge is -2.06. The number of esters is 1. The predicted octanol–water partition coefficient (Wildman–Crippen LogP) is 3.88. The van der Waals surface area contributed by atoms with E-state index < -0.39 is 5.97 Å². The van der Waals surface area contributed by atoms with Crippen LogP contribution in [0.3, 0.4) is 0 Å². The van der Waals surface area contributed by atoms with Gasteiger partial charge in [-0.15, -0.1) is 0 Å². The first-order valence-electron chi connectivity index (χ1n) is 7.16. The molecule has 0 bridgehead atoms. The molecule has 0 saturated carbocycles. The molecule has 0 aliphatic rings. The predicted molar refractivity (Wildman–Crippen MR) is 86.6 cm³/mol. The molecule has 4 heteroatoms. The molecule has 23 heavy (non-hydrogen) atoms. The summed E-state index contributed by atoms with van der Waals surface area (Å²) in [4.78, 5) is 23.7. The molecule has 0 aliphatic carbocycles. The Morgan fingerprint density at radius 3 is 2.61 bits per heavy atom. The Bertz CT molecular complexity index is 763. The van der Waals surface area contributed by atoms with Gasteiger partial charge in [0.25, 0.3) is 0 Å². The summed E-state index contributed by atoms with van der Waals surface area (Å²) < 4.78 is 17.9. The van der Waals surface area contributed by atoms with Crippen molar-refractivity contribution in [2.24, 2.45) is 0 Å². The van der Waals surface area contributed by atoms with Gasteiger partial charge in [0.2, 0.25) is 5.78 Å². The summed E-state index contributed by atoms with van der Waals surface area (Å²) in [7, 11) is 0. The number of halogens is 1. The van der Waals surface area contributed by atoms with Crippen molar-refractivity contribution >= 4 is 17.8 Å². The van der Waals surface area contributed by atoms with Crippen LogP contribution in [0.4, 0.5) is 4.39 Å². The number of carbonyl (C=O) groups is 2. The number of hydrogen-bond acceptors (Lipinski definition) is 3.